The zero-order chi connectivity index (χ0) is 22.8. The molecule has 168 valence electrons. The number of aromatic nitrogens is 1. The van der Waals surface area contributed by atoms with E-state index < -0.39 is 5.97 Å². The van der Waals surface area contributed by atoms with Gasteiger partial charge in [0.2, 0.25) is 5.78 Å². The highest BCUT2D eigenvalue weighted by atomic mass is 16.6. The van der Waals surface area contributed by atoms with E-state index in [0.29, 0.717) is 23.7 Å². The summed E-state index contributed by atoms with van der Waals surface area (Å²) in [5.74, 6) is 0.0774. The van der Waals surface area contributed by atoms with E-state index in [4.69, 9.17) is 18.9 Å². The summed E-state index contributed by atoms with van der Waals surface area (Å²) in [6.45, 7) is 6.53. The second kappa shape index (κ2) is 12.0. The number of allylic oxidation sites excluding steroid dienone is 1. The van der Waals surface area contributed by atoms with Crippen LogP contribution in [0.3, 0.4) is 0 Å². The average molecular weight is 430 g/mol. The number of methoxy groups -OCH3 is 2. The van der Waals surface area contributed by atoms with Crippen molar-refractivity contribution in [1.82, 2.24) is 4.57 Å². The molecule has 0 aliphatic carbocycles. The number of ether oxygens (including phenoxy) is 4. The van der Waals surface area contributed by atoms with Gasteiger partial charge in [0.1, 0.15) is 0 Å². The Labute approximate surface area is 183 Å². The first-order valence-corrected chi connectivity index (χ1v) is 10.2. The van der Waals surface area contributed by atoms with Crippen LogP contribution in [-0.4, -0.2) is 50.4 Å². The third-order valence-corrected chi connectivity index (χ3v) is 4.86. The summed E-state index contributed by atoms with van der Waals surface area (Å²) < 4.78 is 23.1. The first-order valence-electron chi connectivity index (χ1n) is 10.2. The largest absolute Gasteiger partial charge is 0.493 e. The predicted octanol–water partition coefficient (Wildman–Crippen LogP) is 3.99. The van der Waals surface area contributed by atoms with Crippen LogP contribution in [-0.2, 0) is 20.8 Å². The van der Waals surface area contributed by atoms with Crippen molar-refractivity contribution in [1.29, 1.82) is 0 Å². The minimum atomic E-state index is -0.623. The second-order valence-corrected chi connectivity index (χ2v) is 7.07. The summed E-state index contributed by atoms with van der Waals surface area (Å²) in [5.41, 5.74) is 3.36. The first kappa shape index (κ1) is 24.2. The lowest BCUT2D eigenvalue weighted by atomic mass is 10.1. The minimum Gasteiger partial charge on any atom is -0.493 e. The van der Waals surface area contributed by atoms with Crippen LogP contribution in [0.2, 0.25) is 0 Å². The fraction of sp³-hybridized carbons (Fsp3) is 0.417. The molecule has 0 fully saturated rings. The van der Waals surface area contributed by atoms with Crippen molar-refractivity contribution in [2.45, 2.75) is 33.7 Å². The average Bonchev–Trinajstić information content (AvgIpc) is 3.05. The van der Waals surface area contributed by atoms with Gasteiger partial charge in [0, 0.05) is 37.2 Å². The summed E-state index contributed by atoms with van der Waals surface area (Å²) >= 11 is 0. The van der Waals surface area contributed by atoms with Gasteiger partial charge in [-0.1, -0.05) is 18.2 Å². The first-order chi connectivity index (χ1) is 14.9. The molecule has 0 aliphatic rings. The predicted molar refractivity (Wildman–Crippen MR) is 119 cm³/mol. The van der Waals surface area contributed by atoms with Gasteiger partial charge in [-0.05, 0) is 51.0 Å². The highest BCUT2D eigenvalue weighted by Crippen LogP contribution is 2.28. The number of nitrogens with zero attached hydrogens (tertiary/aromatic N) is 1. The Balaban J connectivity index is 1.90. The molecule has 7 nitrogen and oxygen atoms in total. The number of rotatable bonds is 12. The van der Waals surface area contributed by atoms with Crippen molar-refractivity contribution < 1.29 is 28.5 Å². The second-order valence-electron chi connectivity index (χ2n) is 7.07. The standard InChI is InChI=1S/C24H31NO6/c1-6-8-19-9-10-22(23(14-19)29-5)30-16-24(27)31-15-21(26)20-13-17(2)25(18(20)3)11-7-12-28-4/h6,8-10,13-14H,7,11-12,15-16H2,1-5H3/b8-6+. The van der Waals surface area contributed by atoms with Gasteiger partial charge in [0.05, 0.1) is 7.11 Å². The van der Waals surface area contributed by atoms with Crippen LogP contribution < -0.4 is 9.47 Å². The van der Waals surface area contributed by atoms with Gasteiger partial charge in [0.25, 0.3) is 0 Å². The molecule has 0 bridgehead atoms. The number of hydrogen-bond acceptors (Lipinski definition) is 6. The van der Waals surface area contributed by atoms with Gasteiger partial charge >= 0.3 is 5.97 Å². The minimum absolute atomic E-state index is 0.243. The van der Waals surface area contributed by atoms with Crippen LogP contribution >= 0.6 is 0 Å². The molecule has 0 saturated carbocycles. The summed E-state index contributed by atoms with van der Waals surface area (Å²) in [4.78, 5) is 24.6. The molecular formula is C24H31NO6. The quantitative estimate of drug-likeness (QED) is 0.289. The highest BCUT2D eigenvalue weighted by Gasteiger charge is 2.18. The summed E-state index contributed by atoms with van der Waals surface area (Å²) in [5, 5.41) is 0. The van der Waals surface area contributed by atoms with Gasteiger partial charge in [-0.15, -0.1) is 0 Å². The number of carbonyl (C=O) groups excluding carboxylic acids is 2. The van der Waals surface area contributed by atoms with Gasteiger partial charge in [-0.3, -0.25) is 4.79 Å². The van der Waals surface area contributed by atoms with Crippen LogP contribution in [0.15, 0.2) is 30.3 Å². The Morgan fingerprint density at radius 1 is 1.06 bits per heavy atom. The maximum absolute atomic E-state index is 12.6. The SMILES string of the molecule is C/C=C/c1ccc(OCC(=O)OCC(=O)c2cc(C)n(CCCOC)c2C)c(OC)c1. The zero-order valence-corrected chi connectivity index (χ0v) is 18.9. The van der Waals surface area contributed by atoms with Crippen molar-refractivity contribution in [3.05, 3.63) is 52.9 Å². The van der Waals surface area contributed by atoms with Crippen LogP contribution in [0.5, 0.6) is 11.5 Å². The molecule has 2 rings (SSSR count). The molecule has 0 aliphatic heterocycles. The van der Waals surface area contributed by atoms with Crippen molar-refractivity contribution >= 4 is 17.8 Å². The number of carbonyl (C=O) groups is 2. The third kappa shape index (κ3) is 6.72. The Hall–Kier alpha value is -3.06. The van der Waals surface area contributed by atoms with Crippen molar-refractivity contribution in [3.63, 3.8) is 0 Å². The molecule has 0 radical (unpaired) electrons. The highest BCUT2D eigenvalue weighted by molar-refractivity contribution is 5.99. The molecule has 0 amide bonds. The lowest BCUT2D eigenvalue weighted by Crippen LogP contribution is -2.20. The van der Waals surface area contributed by atoms with Gasteiger partial charge in [0.15, 0.2) is 24.7 Å². The van der Waals surface area contributed by atoms with Gasteiger partial charge < -0.3 is 23.5 Å². The number of benzene rings is 1. The molecule has 1 aromatic heterocycles. The molecule has 0 N–H and O–H groups in total. The van der Waals surface area contributed by atoms with E-state index in [1.807, 2.05) is 51.1 Å². The Morgan fingerprint density at radius 2 is 1.84 bits per heavy atom. The van der Waals surface area contributed by atoms with E-state index in [1.165, 1.54) is 7.11 Å². The zero-order valence-electron chi connectivity index (χ0n) is 18.9. The molecule has 2 aromatic rings. The number of ketones is 1. The molecule has 0 atom stereocenters. The molecule has 0 saturated heterocycles. The van der Waals surface area contributed by atoms with E-state index >= 15 is 0 Å². The van der Waals surface area contributed by atoms with Crippen molar-refractivity contribution in [3.8, 4) is 11.5 Å². The number of aryl methyl sites for hydroxylation is 1. The Bertz CT molecular complexity index is 928. The summed E-state index contributed by atoms with van der Waals surface area (Å²) in [7, 11) is 3.20. The number of hydrogen-bond donors (Lipinski definition) is 0. The summed E-state index contributed by atoms with van der Waals surface area (Å²) in [6, 6.07) is 7.22. The molecular weight excluding hydrogens is 398 g/mol. The third-order valence-electron chi connectivity index (χ3n) is 4.86. The van der Waals surface area contributed by atoms with E-state index in [-0.39, 0.29) is 19.0 Å². The molecule has 1 heterocycles. The topological polar surface area (TPSA) is 76.0 Å². The molecule has 31 heavy (non-hydrogen) atoms. The fourth-order valence-electron chi connectivity index (χ4n) is 3.30. The lowest BCUT2D eigenvalue weighted by Gasteiger charge is -2.11. The monoisotopic (exact) mass is 429 g/mol. The van der Waals surface area contributed by atoms with Crippen molar-refractivity contribution in [2.75, 3.05) is 34.0 Å². The Morgan fingerprint density at radius 3 is 2.52 bits per heavy atom. The fourth-order valence-corrected chi connectivity index (χ4v) is 3.30. The lowest BCUT2D eigenvalue weighted by molar-refractivity contribution is -0.144. The van der Waals surface area contributed by atoms with E-state index in [1.54, 1.807) is 13.2 Å². The molecule has 7 heteroatoms. The van der Waals surface area contributed by atoms with E-state index in [2.05, 4.69) is 4.57 Å². The van der Waals surface area contributed by atoms with Crippen LogP contribution in [0, 0.1) is 13.8 Å². The van der Waals surface area contributed by atoms with E-state index in [0.717, 1.165) is 29.9 Å². The maximum Gasteiger partial charge on any atom is 0.344 e. The Kier molecular flexibility index (Phi) is 9.34. The van der Waals surface area contributed by atoms with E-state index in [9.17, 15) is 9.59 Å². The van der Waals surface area contributed by atoms with Crippen molar-refractivity contribution in [2.24, 2.45) is 0 Å². The number of esters is 1. The summed E-state index contributed by atoms with van der Waals surface area (Å²) in [6.07, 6.45) is 4.70. The van der Waals surface area contributed by atoms with Gasteiger partial charge in [-0.2, -0.15) is 0 Å². The smallest absolute Gasteiger partial charge is 0.344 e. The number of Topliss-reactive ketones (excluding diaryl/α,β-unsaturated/α-hetero) is 1. The normalized spacial score (nSPS) is 11.0. The van der Waals surface area contributed by atoms with Gasteiger partial charge in [-0.25, -0.2) is 4.79 Å². The van der Waals surface area contributed by atoms with Crippen LogP contribution in [0.1, 0.15) is 40.7 Å². The molecule has 0 spiro atoms. The maximum atomic E-state index is 12.6. The molecule has 1 aromatic carbocycles. The van der Waals surface area contributed by atoms with Crippen LogP contribution in [0.25, 0.3) is 6.08 Å². The molecule has 0 unspecified atom stereocenters. The van der Waals surface area contributed by atoms with Crippen LogP contribution in [0.4, 0.5) is 0 Å².